The zero-order chi connectivity index (χ0) is 15.2. The van der Waals surface area contributed by atoms with Crippen LogP contribution in [-0.4, -0.2) is 40.4 Å². The van der Waals surface area contributed by atoms with E-state index in [-0.39, 0.29) is 0 Å². The monoisotopic (exact) mass is 322 g/mol. The Hall–Kier alpha value is -1.51. The molecular weight excluding hydrogens is 300 g/mol. The fraction of sp³-hybridized carbons (Fsp3) is 0.846. The SMILES string of the molecule is CCCCn1nnnc1CSc1nnnn1C1CCCCC1. The average Bonchev–Trinajstić information content (AvgIpc) is 3.20. The third-order valence-electron chi connectivity index (χ3n) is 4.04. The van der Waals surface area contributed by atoms with Crippen molar-refractivity contribution in [1.29, 1.82) is 0 Å². The van der Waals surface area contributed by atoms with Gasteiger partial charge in [0.2, 0.25) is 5.16 Å². The second-order valence-corrected chi connectivity index (χ2v) is 6.60. The maximum absolute atomic E-state index is 4.19. The minimum absolute atomic E-state index is 0.447. The smallest absolute Gasteiger partial charge is 0.210 e. The van der Waals surface area contributed by atoms with E-state index in [1.54, 1.807) is 11.8 Å². The van der Waals surface area contributed by atoms with Crippen LogP contribution in [0.4, 0.5) is 0 Å². The molecule has 0 spiro atoms. The first kappa shape index (κ1) is 15.4. The second-order valence-electron chi connectivity index (χ2n) is 5.66. The number of rotatable bonds is 7. The van der Waals surface area contributed by atoms with E-state index in [0.717, 1.165) is 30.4 Å². The number of tetrazole rings is 2. The molecule has 1 aliphatic carbocycles. The molecule has 120 valence electrons. The van der Waals surface area contributed by atoms with Crippen LogP contribution in [0.1, 0.15) is 63.7 Å². The summed E-state index contributed by atoms with van der Waals surface area (Å²) in [5, 5.41) is 25.0. The zero-order valence-corrected chi connectivity index (χ0v) is 13.7. The molecular formula is C13H22N8S. The first-order chi connectivity index (χ1) is 10.9. The predicted octanol–water partition coefficient (Wildman–Crippen LogP) is 2.26. The lowest BCUT2D eigenvalue weighted by Gasteiger charge is -2.21. The van der Waals surface area contributed by atoms with Crippen molar-refractivity contribution >= 4 is 11.8 Å². The van der Waals surface area contributed by atoms with Crippen molar-refractivity contribution in [1.82, 2.24) is 40.4 Å². The topological polar surface area (TPSA) is 87.2 Å². The van der Waals surface area contributed by atoms with E-state index in [0.29, 0.717) is 11.8 Å². The van der Waals surface area contributed by atoms with Crippen LogP contribution < -0.4 is 0 Å². The second kappa shape index (κ2) is 7.66. The maximum atomic E-state index is 4.19. The number of thioether (sulfide) groups is 1. The molecule has 0 amide bonds. The Morgan fingerprint density at radius 1 is 1.09 bits per heavy atom. The lowest BCUT2D eigenvalue weighted by Crippen LogP contribution is -2.15. The first-order valence-corrected chi connectivity index (χ1v) is 9.02. The van der Waals surface area contributed by atoms with Gasteiger partial charge in [-0.05, 0) is 40.1 Å². The molecule has 8 nitrogen and oxygen atoms in total. The Morgan fingerprint density at radius 2 is 1.91 bits per heavy atom. The molecule has 1 fully saturated rings. The van der Waals surface area contributed by atoms with Crippen LogP contribution in [0.25, 0.3) is 0 Å². The summed E-state index contributed by atoms with van der Waals surface area (Å²) in [4.78, 5) is 0. The molecule has 9 heteroatoms. The Kier molecular flexibility index (Phi) is 5.36. The van der Waals surface area contributed by atoms with Crippen molar-refractivity contribution in [3.05, 3.63) is 5.82 Å². The fourth-order valence-electron chi connectivity index (χ4n) is 2.77. The van der Waals surface area contributed by atoms with Gasteiger partial charge in [0.25, 0.3) is 0 Å². The number of hydrogen-bond donors (Lipinski definition) is 0. The van der Waals surface area contributed by atoms with Gasteiger partial charge >= 0.3 is 0 Å². The molecule has 0 aromatic carbocycles. The van der Waals surface area contributed by atoms with Gasteiger partial charge in [0.15, 0.2) is 5.82 Å². The van der Waals surface area contributed by atoms with Crippen molar-refractivity contribution in [3.8, 4) is 0 Å². The summed E-state index contributed by atoms with van der Waals surface area (Å²) in [6.07, 6.45) is 8.43. The molecule has 2 heterocycles. The van der Waals surface area contributed by atoms with Gasteiger partial charge in [0.1, 0.15) is 0 Å². The van der Waals surface area contributed by atoms with E-state index < -0.39 is 0 Å². The van der Waals surface area contributed by atoms with Crippen LogP contribution >= 0.6 is 11.8 Å². The van der Waals surface area contributed by atoms with Crippen LogP contribution in [0.3, 0.4) is 0 Å². The third-order valence-corrected chi connectivity index (χ3v) is 4.97. The number of nitrogens with zero attached hydrogens (tertiary/aromatic N) is 8. The number of aromatic nitrogens is 8. The molecule has 0 radical (unpaired) electrons. The third kappa shape index (κ3) is 3.63. The van der Waals surface area contributed by atoms with E-state index in [1.807, 2.05) is 9.36 Å². The van der Waals surface area contributed by atoms with E-state index in [2.05, 4.69) is 38.0 Å². The maximum Gasteiger partial charge on any atom is 0.210 e. The number of hydrogen-bond acceptors (Lipinski definition) is 7. The van der Waals surface area contributed by atoms with E-state index in [9.17, 15) is 0 Å². The summed E-state index contributed by atoms with van der Waals surface area (Å²) < 4.78 is 3.87. The highest BCUT2D eigenvalue weighted by molar-refractivity contribution is 7.98. The Labute approximate surface area is 134 Å². The van der Waals surface area contributed by atoms with E-state index >= 15 is 0 Å². The Bertz CT molecular complexity index is 574. The largest absolute Gasteiger partial charge is 0.229 e. The first-order valence-electron chi connectivity index (χ1n) is 8.04. The molecule has 1 saturated carbocycles. The molecule has 0 N–H and O–H groups in total. The number of aryl methyl sites for hydroxylation is 1. The summed E-state index contributed by atoms with van der Waals surface area (Å²) >= 11 is 1.62. The van der Waals surface area contributed by atoms with Crippen molar-refractivity contribution in [3.63, 3.8) is 0 Å². The fourth-order valence-corrected chi connectivity index (χ4v) is 3.65. The van der Waals surface area contributed by atoms with Gasteiger partial charge in [-0.25, -0.2) is 9.36 Å². The minimum atomic E-state index is 0.447. The summed E-state index contributed by atoms with van der Waals surface area (Å²) in [6, 6.07) is 0.447. The molecule has 3 rings (SSSR count). The predicted molar refractivity (Wildman–Crippen MR) is 82.2 cm³/mol. The van der Waals surface area contributed by atoms with Crippen molar-refractivity contribution in [2.45, 2.75) is 75.4 Å². The van der Waals surface area contributed by atoms with Crippen LogP contribution in [0, 0.1) is 0 Å². The van der Waals surface area contributed by atoms with Crippen LogP contribution in [0.15, 0.2) is 5.16 Å². The quantitative estimate of drug-likeness (QED) is 0.722. The Morgan fingerprint density at radius 3 is 2.73 bits per heavy atom. The summed E-state index contributed by atoms with van der Waals surface area (Å²) in [5.41, 5.74) is 0. The van der Waals surface area contributed by atoms with Gasteiger partial charge in [-0.2, -0.15) is 0 Å². The van der Waals surface area contributed by atoms with Crippen molar-refractivity contribution in [2.75, 3.05) is 0 Å². The lowest BCUT2D eigenvalue weighted by molar-refractivity contribution is 0.307. The molecule has 1 aliphatic rings. The normalized spacial score (nSPS) is 16.2. The Balaban J connectivity index is 1.62. The molecule has 0 unspecified atom stereocenters. The summed E-state index contributed by atoms with van der Waals surface area (Å²) in [7, 11) is 0. The van der Waals surface area contributed by atoms with Gasteiger partial charge < -0.3 is 0 Å². The molecule has 2 aromatic rings. The number of unbranched alkanes of at least 4 members (excludes halogenated alkanes) is 1. The van der Waals surface area contributed by atoms with Gasteiger partial charge in [0, 0.05) is 6.54 Å². The summed E-state index contributed by atoms with van der Waals surface area (Å²) in [6.45, 7) is 3.03. The van der Waals surface area contributed by atoms with E-state index in [1.165, 1.54) is 32.1 Å². The molecule has 0 atom stereocenters. The average molecular weight is 322 g/mol. The van der Waals surface area contributed by atoms with Gasteiger partial charge in [-0.15, -0.1) is 10.2 Å². The molecule has 0 bridgehead atoms. The molecule has 0 aliphatic heterocycles. The molecule has 0 saturated heterocycles. The van der Waals surface area contributed by atoms with Gasteiger partial charge in [-0.3, -0.25) is 0 Å². The van der Waals surface area contributed by atoms with Crippen molar-refractivity contribution in [2.24, 2.45) is 0 Å². The standard InChI is InChI=1S/C13H22N8S/c1-2-3-9-20-12(14-16-18-20)10-22-13-15-17-19-21(13)11-7-5-4-6-8-11/h11H,2-10H2,1H3. The van der Waals surface area contributed by atoms with Crippen LogP contribution in [-0.2, 0) is 12.3 Å². The van der Waals surface area contributed by atoms with Crippen LogP contribution in [0.2, 0.25) is 0 Å². The molecule has 2 aromatic heterocycles. The highest BCUT2D eigenvalue weighted by atomic mass is 32.2. The summed E-state index contributed by atoms with van der Waals surface area (Å²) in [5.74, 6) is 1.58. The highest BCUT2D eigenvalue weighted by Crippen LogP contribution is 2.30. The van der Waals surface area contributed by atoms with Gasteiger partial charge in [0.05, 0.1) is 11.8 Å². The highest BCUT2D eigenvalue weighted by Gasteiger charge is 2.20. The lowest BCUT2D eigenvalue weighted by atomic mass is 9.96. The minimum Gasteiger partial charge on any atom is -0.229 e. The van der Waals surface area contributed by atoms with Gasteiger partial charge in [-0.1, -0.05) is 44.4 Å². The molecule has 22 heavy (non-hydrogen) atoms. The van der Waals surface area contributed by atoms with E-state index in [4.69, 9.17) is 0 Å². The van der Waals surface area contributed by atoms with Crippen molar-refractivity contribution < 1.29 is 0 Å². The van der Waals surface area contributed by atoms with Crippen LogP contribution in [0.5, 0.6) is 0 Å². The zero-order valence-electron chi connectivity index (χ0n) is 12.9.